The van der Waals surface area contributed by atoms with Gasteiger partial charge in [-0.1, -0.05) is 36.2 Å². The lowest BCUT2D eigenvalue weighted by molar-refractivity contribution is -0.117. The molecule has 150 valence electrons. The van der Waals surface area contributed by atoms with Crippen molar-refractivity contribution in [1.29, 1.82) is 0 Å². The van der Waals surface area contributed by atoms with E-state index < -0.39 is 11.9 Å². The summed E-state index contributed by atoms with van der Waals surface area (Å²) in [6.07, 6.45) is 4.08. The first kappa shape index (κ1) is 20.7. The fourth-order valence-electron chi connectivity index (χ4n) is 3.29. The van der Waals surface area contributed by atoms with Gasteiger partial charge in [0.25, 0.3) is 5.56 Å². The Morgan fingerprint density at radius 2 is 2.04 bits per heavy atom. The minimum Gasteiger partial charge on any atom is -0.335 e. The van der Waals surface area contributed by atoms with Gasteiger partial charge in [0.05, 0.1) is 16.7 Å². The third kappa shape index (κ3) is 4.86. The van der Waals surface area contributed by atoms with Crippen molar-refractivity contribution < 1.29 is 9.59 Å². The van der Waals surface area contributed by atoms with Crippen LogP contribution in [-0.4, -0.2) is 33.3 Å². The molecule has 1 aliphatic carbocycles. The van der Waals surface area contributed by atoms with Crippen LogP contribution >= 0.6 is 23.4 Å². The average molecular weight is 423 g/mol. The van der Waals surface area contributed by atoms with Gasteiger partial charge in [-0.25, -0.2) is 9.78 Å². The highest BCUT2D eigenvalue weighted by Crippen LogP contribution is 2.22. The monoisotopic (exact) mass is 422 g/mol. The number of halogens is 1. The summed E-state index contributed by atoms with van der Waals surface area (Å²) in [7, 11) is 0. The number of nitrogens with zero attached hydrogens (tertiary/aromatic N) is 2. The van der Waals surface area contributed by atoms with Crippen molar-refractivity contribution in [2.75, 3.05) is 5.75 Å². The fourth-order valence-corrected chi connectivity index (χ4v) is 4.39. The molecule has 1 heterocycles. The second-order valence-electron chi connectivity index (χ2n) is 7.12. The molecule has 7 nitrogen and oxygen atoms in total. The van der Waals surface area contributed by atoms with Gasteiger partial charge < -0.3 is 5.32 Å². The molecule has 1 aliphatic rings. The zero-order valence-electron chi connectivity index (χ0n) is 15.8. The Morgan fingerprint density at radius 3 is 2.71 bits per heavy atom. The number of hydrogen-bond donors (Lipinski definition) is 2. The van der Waals surface area contributed by atoms with Gasteiger partial charge in [-0.2, -0.15) is 0 Å². The summed E-state index contributed by atoms with van der Waals surface area (Å²) in [5.41, 5.74) is 0.301. The molecule has 1 aromatic carbocycles. The summed E-state index contributed by atoms with van der Waals surface area (Å²) in [6, 6.07) is 4.47. The molecule has 0 spiro atoms. The smallest absolute Gasteiger partial charge is 0.321 e. The number of fused-ring (bicyclic) bond motifs is 1. The number of urea groups is 1. The van der Waals surface area contributed by atoms with Crippen molar-refractivity contribution in [1.82, 2.24) is 20.2 Å². The summed E-state index contributed by atoms with van der Waals surface area (Å²) in [4.78, 5) is 41.4. The van der Waals surface area contributed by atoms with Crippen LogP contribution in [0.2, 0.25) is 5.02 Å². The highest BCUT2D eigenvalue weighted by atomic mass is 35.5. The van der Waals surface area contributed by atoms with Crippen LogP contribution in [-0.2, 0) is 4.79 Å². The summed E-state index contributed by atoms with van der Waals surface area (Å²) in [5, 5.41) is 6.53. The highest BCUT2D eigenvalue weighted by molar-refractivity contribution is 7.99. The van der Waals surface area contributed by atoms with E-state index in [1.165, 1.54) is 0 Å². The second-order valence-corrected chi connectivity index (χ2v) is 8.50. The summed E-state index contributed by atoms with van der Waals surface area (Å²) >= 11 is 7.14. The number of imide groups is 1. The highest BCUT2D eigenvalue weighted by Gasteiger charge is 2.19. The Labute approximate surface area is 172 Å². The summed E-state index contributed by atoms with van der Waals surface area (Å²) < 4.78 is 1.55. The van der Waals surface area contributed by atoms with Crippen molar-refractivity contribution in [3.63, 3.8) is 0 Å². The first-order chi connectivity index (χ1) is 13.3. The molecule has 0 radical (unpaired) electrons. The first-order valence-electron chi connectivity index (χ1n) is 9.30. The normalized spacial score (nSPS) is 14.6. The Morgan fingerprint density at radius 1 is 1.32 bits per heavy atom. The van der Waals surface area contributed by atoms with Crippen LogP contribution in [0.15, 0.2) is 28.2 Å². The van der Waals surface area contributed by atoms with Crippen molar-refractivity contribution in [2.45, 2.75) is 56.8 Å². The molecule has 1 aromatic heterocycles. The van der Waals surface area contributed by atoms with E-state index in [1.807, 2.05) is 13.8 Å². The molecule has 0 saturated heterocycles. The lowest BCUT2D eigenvalue weighted by Crippen LogP contribution is -2.44. The van der Waals surface area contributed by atoms with Crippen molar-refractivity contribution >= 4 is 46.2 Å². The molecule has 3 amide bonds. The van der Waals surface area contributed by atoms with Gasteiger partial charge >= 0.3 is 6.03 Å². The van der Waals surface area contributed by atoms with Crippen LogP contribution < -0.4 is 16.2 Å². The zero-order valence-corrected chi connectivity index (χ0v) is 17.4. The second kappa shape index (κ2) is 8.96. The topological polar surface area (TPSA) is 93.1 Å². The van der Waals surface area contributed by atoms with E-state index in [0.29, 0.717) is 21.1 Å². The van der Waals surface area contributed by atoms with Gasteiger partial charge in [-0.15, -0.1) is 0 Å². The van der Waals surface area contributed by atoms with Gasteiger partial charge in [0, 0.05) is 17.1 Å². The van der Waals surface area contributed by atoms with E-state index >= 15 is 0 Å². The van der Waals surface area contributed by atoms with Crippen LogP contribution in [0.3, 0.4) is 0 Å². The number of nitrogens with one attached hydrogen (secondary N) is 2. The van der Waals surface area contributed by atoms with Crippen molar-refractivity contribution in [3.05, 3.63) is 33.6 Å². The molecule has 9 heteroatoms. The fraction of sp³-hybridized carbons (Fsp3) is 0.474. The van der Waals surface area contributed by atoms with E-state index in [9.17, 15) is 14.4 Å². The van der Waals surface area contributed by atoms with Gasteiger partial charge in [-0.3, -0.25) is 19.5 Å². The van der Waals surface area contributed by atoms with Gasteiger partial charge in [0.15, 0.2) is 5.16 Å². The number of carbonyl (C=O) groups is 2. The van der Waals surface area contributed by atoms with E-state index in [2.05, 4.69) is 15.6 Å². The van der Waals surface area contributed by atoms with Crippen LogP contribution in [0.4, 0.5) is 4.79 Å². The Kier molecular flexibility index (Phi) is 6.61. The predicted octanol–water partition coefficient (Wildman–Crippen LogP) is 3.49. The Balaban J connectivity index is 1.72. The van der Waals surface area contributed by atoms with Gasteiger partial charge in [-0.05, 0) is 44.9 Å². The molecule has 3 rings (SSSR count). The lowest BCUT2D eigenvalue weighted by Gasteiger charge is -2.16. The summed E-state index contributed by atoms with van der Waals surface area (Å²) in [6.45, 7) is 3.76. The molecular formula is C19H23ClN4O3S. The SMILES string of the molecule is CC(C)n1c(SCC(=O)NC(=O)NC2CCCC2)nc2cc(Cl)ccc2c1=O. The standard InChI is InChI=1S/C19H23ClN4O3S/c1-11(2)24-17(26)14-8-7-12(20)9-15(14)22-19(24)28-10-16(25)23-18(27)21-13-5-3-4-6-13/h7-9,11,13H,3-6,10H2,1-2H3,(H2,21,23,25,27). The van der Waals surface area contributed by atoms with Crippen LogP contribution in [0.25, 0.3) is 10.9 Å². The maximum Gasteiger partial charge on any atom is 0.321 e. The maximum absolute atomic E-state index is 12.8. The molecule has 0 aliphatic heterocycles. The minimum absolute atomic E-state index is 0.0245. The van der Waals surface area contributed by atoms with Crippen molar-refractivity contribution in [3.8, 4) is 0 Å². The number of amides is 3. The van der Waals surface area contributed by atoms with Crippen LogP contribution in [0.1, 0.15) is 45.6 Å². The number of thioether (sulfide) groups is 1. The number of hydrogen-bond acceptors (Lipinski definition) is 5. The molecule has 0 atom stereocenters. The third-order valence-corrected chi connectivity index (χ3v) is 5.81. The molecule has 0 bridgehead atoms. The zero-order chi connectivity index (χ0) is 20.3. The van der Waals surface area contributed by atoms with Gasteiger partial charge in [0.2, 0.25) is 5.91 Å². The molecule has 1 fully saturated rings. The Bertz CT molecular complexity index is 954. The number of benzene rings is 1. The first-order valence-corrected chi connectivity index (χ1v) is 10.7. The molecule has 2 N–H and O–H groups in total. The van der Waals surface area contributed by atoms with E-state index in [1.54, 1.807) is 22.8 Å². The molecule has 2 aromatic rings. The summed E-state index contributed by atoms with van der Waals surface area (Å²) in [5.74, 6) is -0.459. The Hall–Kier alpha value is -2.06. The number of rotatable bonds is 5. The lowest BCUT2D eigenvalue weighted by atomic mass is 10.2. The predicted molar refractivity (Wildman–Crippen MR) is 111 cm³/mol. The molecule has 28 heavy (non-hydrogen) atoms. The molecule has 0 unspecified atom stereocenters. The number of carbonyl (C=O) groups excluding carboxylic acids is 2. The van der Waals surface area contributed by atoms with Crippen LogP contribution in [0, 0.1) is 0 Å². The minimum atomic E-state index is -0.475. The largest absolute Gasteiger partial charge is 0.335 e. The van der Waals surface area contributed by atoms with Gasteiger partial charge in [0.1, 0.15) is 0 Å². The average Bonchev–Trinajstić information content (AvgIpc) is 3.12. The van der Waals surface area contributed by atoms with E-state index in [4.69, 9.17) is 11.6 Å². The maximum atomic E-state index is 12.8. The number of aromatic nitrogens is 2. The quantitative estimate of drug-likeness (QED) is 0.568. The van der Waals surface area contributed by atoms with E-state index in [-0.39, 0.29) is 23.4 Å². The molecular weight excluding hydrogens is 400 g/mol. The van der Waals surface area contributed by atoms with Crippen LogP contribution in [0.5, 0.6) is 0 Å². The van der Waals surface area contributed by atoms with Crippen molar-refractivity contribution in [2.24, 2.45) is 0 Å². The molecule has 1 saturated carbocycles. The van der Waals surface area contributed by atoms with E-state index in [0.717, 1.165) is 37.4 Å². The third-order valence-electron chi connectivity index (χ3n) is 4.62.